The van der Waals surface area contributed by atoms with Gasteiger partial charge in [-0.05, 0) is 44.0 Å². The van der Waals surface area contributed by atoms with Gasteiger partial charge in [-0.1, -0.05) is 24.4 Å². The fourth-order valence-corrected chi connectivity index (χ4v) is 4.60. The minimum Gasteiger partial charge on any atom is -0.389 e. The molecule has 1 aromatic carbocycles. The molecule has 0 spiro atoms. The summed E-state index contributed by atoms with van der Waals surface area (Å²) in [6.07, 6.45) is 2.15. The zero-order valence-corrected chi connectivity index (χ0v) is 13.3. The molecule has 3 fully saturated rings. The van der Waals surface area contributed by atoms with E-state index < -0.39 is 10.0 Å². The summed E-state index contributed by atoms with van der Waals surface area (Å²) >= 11 is 4.87. The van der Waals surface area contributed by atoms with Crippen LogP contribution < -0.4 is 10.5 Å². The number of rotatable bonds is 4. The van der Waals surface area contributed by atoms with E-state index in [1.807, 2.05) is 0 Å². The number of piperidine rings is 3. The first-order valence-corrected chi connectivity index (χ1v) is 8.99. The van der Waals surface area contributed by atoms with Crippen molar-refractivity contribution in [1.82, 2.24) is 9.62 Å². The summed E-state index contributed by atoms with van der Waals surface area (Å²) in [5.74, 6) is 0.459. The summed E-state index contributed by atoms with van der Waals surface area (Å²) in [4.78, 5) is 2.85. The number of hydrogen-bond acceptors (Lipinski definition) is 4. The maximum atomic E-state index is 12.5. The summed E-state index contributed by atoms with van der Waals surface area (Å²) in [5.41, 5.74) is 6.20. The summed E-state index contributed by atoms with van der Waals surface area (Å²) < 4.78 is 27.8. The largest absolute Gasteiger partial charge is 0.389 e. The highest BCUT2D eigenvalue weighted by molar-refractivity contribution is 7.89. The number of nitrogens with zero attached hydrogens (tertiary/aromatic N) is 1. The van der Waals surface area contributed by atoms with Gasteiger partial charge in [-0.3, -0.25) is 0 Å². The van der Waals surface area contributed by atoms with Crippen LogP contribution in [-0.4, -0.2) is 44.0 Å². The standard InChI is InChI=1S/C14H19N3O2S2/c15-14(20)11-1-3-12(4-2-11)21(18,19)16-13-9-17-7-5-10(13)6-8-17/h1-4,10,13,16H,5-9H2,(H2,15,20). The molecule has 1 aromatic rings. The van der Waals surface area contributed by atoms with Gasteiger partial charge < -0.3 is 10.6 Å². The topological polar surface area (TPSA) is 75.4 Å². The summed E-state index contributed by atoms with van der Waals surface area (Å²) in [6, 6.07) is 6.42. The molecule has 0 radical (unpaired) electrons. The van der Waals surface area contributed by atoms with Gasteiger partial charge in [0.25, 0.3) is 0 Å². The van der Waals surface area contributed by atoms with Gasteiger partial charge >= 0.3 is 0 Å². The summed E-state index contributed by atoms with van der Waals surface area (Å²) in [6.45, 7) is 2.99. The van der Waals surface area contributed by atoms with Crippen LogP contribution in [0, 0.1) is 5.92 Å². The molecule has 3 saturated heterocycles. The van der Waals surface area contributed by atoms with Crippen molar-refractivity contribution in [3.8, 4) is 0 Å². The van der Waals surface area contributed by atoms with Crippen LogP contribution >= 0.6 is 12.2 Å². The molecule has 3 N–H and O–H groups in total. The normalized spacial score (nSPS) is 28.5. The second-order valence-corrected chi connectivity index (χ2v) is 7.91. The molecule has 21 heavy (non-hydrogen) atoms. The Hall–Kier alpha value is -1.02. The molecule has 0 amide bonds. The van der Waals surface area contributed by atoms with Crippen LogP contribution in [-0.2, 0) is 10.0 Å². The first kappa shape index (κ1) is 14.9. The maximum Gasteiger partial charge on any atom is 0.240 e. The average molecular weight is 325 g/mol. The fraction of sp³-hybridized carbons (Fsp3) is 0.500. The van der Waals surface area contributed by atoms with Crippen LogP contribution in [0.2, 0.25) is 0 Å². The van der Waals surface area contributed by atoms with Crippen molar-refractivity contribution in [3.63, 3.8) is 0 Å². The van der Waals surface area contributed by atoms with Gasteiger partial charge in [-0.2, -0.15) is 0 Å². The van der Waals surface area contributed by atoms with Crippen molar-refractivity contribution in [2.24, 2.45) is 11.7 Å². The van der Waals surface area contributed by atoms with Gasteiger partial charge in [-0.15, -0.1) is 0 Å². The van der Waals surface area contributed by atoms with Gasteiger partial charge in [-0.25, -0.2) is 13.1 Å². The molecule has 3 heterocycles. The van der Waals surface area contributed by atoms with Gasteiger partial charge in [0.15, 0.2) is 0 Å². The lowest BCUT2D eigenvalue weighted by atomic mass is 9.85. The summed E-state index contributed by atoms with van der Waals surface area (Å²) in [7, 11) is -3.49. The molecule has 1 unspecified atom stereocenters. The molecule has 0 saturated carbocycles. The van der Waals surface area contributed by atoms with Crippen molar-refractivity contribution in [2.75, 3.05) is 19.6 Å². The Morgan fingerprint density at radius 2 is 1.86 bits per heavy atom. The number of nitrogens with one attached hydrogen (secondary N) is 1. The minimum absolute atomic E-state index is 0.0211. The van der Waals surface area contributed by atoms with Crippen molar-refractivity contribution < 1.29 is 8.42 Å². The molecule has 3 aliphatic rings. The Bertz CT molecular complexity index is 635. The molecule has 0 aromatic heterocycles. The van der Waals surface area contributed by atoms with E-state index in [4.69, 9.17) is 18.0 Å². The molecule has 114 valence electrons. The van der Waals surface area contributed by atoms with E-state index in [1.54, 1.807) is 24.3 Å². The monoisotopic (exact) mass is 325 g/mol. The number of hydrogen-bond donors (Lipinski definition) is 2. The third-order valence-electron chi connectivity index (χ3n) is 4.41. The van der Waals surface area contributed by atoms with E-state index in [2.05, 4.69) is 9.62 Å². The highest BCUT2D eigenvalue weighted by Gasteiger charge is 2.36. The second-order valence-electron chi connectivity index (χ2n) is 5.75. The lowest BCUT2D eigenvalue weighted by Gasteiger charge is -2.44. The fourth-order valence-electron chi connectivity index (χ4n) is 3.16. The number of thiocarbonyl (C=S) groups is 1. The van der Waals surface area contributed by atoms with E-state index in [1.165, 1.54) is 0 Å². The van der Waals surface area contributed by atoms with Crippen molar-refractivity contribution in [3.05, 3.63) is 29.8 Å². The molecule has 3 aliphatic heterocycles. The van der Waals surface area contributed by atoms with E-state index in [0.29, 0.717) is 11.5 Å². The van der Waals surface area contributed by atoms with E-state index in [-0.39, 0.29) is 15.9 Å². The van der Waals surface area contributed by atoms with Crippen LogP contribution in [0.25, 0.3) is 0 Å². The van der Waals surface area contributed by atoms with Crippen molar-refractivity contribution >= 4 is 27.2 Å². The Morgan fingerprint density at radius 3 is 2.33 bits per heavy atom. The van der Waals surface area contributed by atoms with Gasteiger partial charge in [0.2, 0.25) is 10.0 Å². The van der Waals surface area contributed by atoms with Crippen LogP contribution in [0.1, 0.15) is 18.4 Å². The highest BCUT2D eigenvalue weighted by atomic mass is 32.2. The van der Waals surface area contributed by atoms with Gasteiger partial charge in [0.05, 0.1) is 4.90 Å². The first-order chi connectivity index (χ1) is 9.95. The van der Waals surface area contributed by atoms with Crippen LogP contribution in [0.5, 0.6) is 0 Å². The number of benzene rings is 1. The van der Waals surface area contributed by atoms with Gasteiger partial charge in [0, 0.05) is 18.2 Å². The number of nitrogens with two attached hydrogens (primary N) is 1. The van der Waals surface area contributed by atoms with Crippen molar-refractivity contribution in [1.29, 1.82) is 0 Å². The molecule has 2 bridgehead atoms. The molecule has 7 heteroatoms. The molecule has 4 rings (SSSR count). The predicted molar refractivity (Wildman–Crippen MR) is 85.6 cm³/mol. The predicted octanol–water partition coefficient (Wildman–Crippen LogP) is 0.693. The zero-order chi connectivity index (χ0) is 15.0. The van der Waals surface area contributed by atoms with Crippen LogP contribution in [0.4, 0.5) is 0 Å². The minimum atomic E-state index is -3.49. The first-order valence-electron chi connectivity index (χ1n) is 7.10. The molecular formula is C14H19N3O2S2. The van der Waals surface area contributed by atoms with Crippen LogP contribution in [0.3, 0.4) is 0 Å². The lowest BCUT2D eigenvalue weighted by Crippen LogP contribution is -2.57. The van der Waals surface area contributed by atoms with E-state index >= 15 is 0 Å². The van der Waals surface area contributed by atoms with Crippen molar-refractivity contribution in [2.45, 2.75) is 23.8 Å². The number of fused-ring (bicyclic) bond motifs is 3. The van der Waals surface area contributed by atoms with E-state index in [0.717, 1.165) is 32.5 Å². The Morgan fingerprint density at radius 1 is 1.24 bits per heavy atom. The van der Waals surface area contributed by atoms with Gasteiger partial charge in [0.1, 0.15) is 4.99 Å². The zero-order valence-electron chi connectivity index (χ0n) is 11.7. The van der Waals surface area contributed by atoms with Crippen LogP contribution in [0.15, 0.2) is 29.2 Å². The lowest BCUT2D eigenvalue weighted by molar-refractivity contribution is 0.0827. The average Bonchev–Trinajstić information content (AvgIpc) is 2.48. The molecule has 5 nitrogen and oxygen atoms in total. The second kappa shape index (κ2) is 5.64. The summed E-state index contributed by atoms with van der Waals surface area (Å²) in [5, 5.41) is 0. The Kier molecular flexibility index (Phi) is 4.00. The maximum absolute atomic E-state index is 12.5. The molecule has 0 aliphatic carbocycles. The molecule has 1 atom stereocenters. The highest BCUT2D eigenvalue weighted by Crippen LogP contribution is 2.28. The Labute approximate surface area is 130 Å². The quantitative estimate of drug-likeness (QED) is 0.797. The molecular weight excluding hydrogens is 306 g/mol. The third kappa shape index (κ3) is 3.11. The Balaban J connectivity index is 1.76. The SMILES string of the molecule is NC(=S)c1ccc(S(=O)(=O)NC2CN3CCC2CC3)cc1. The van der Waals surface area contributed by atoms with E-state index in [9.17, 15) is 8.42 Å². The number of sulfonamides is 1. The smallest absolute Gasteiger partial charge is 0.240 e. The third-order valence-corrected chi connectivity index (χ3v) is 6.15.